The molecule has 0 unspecified atom stereocenters. The highest BCUT2D eigenvalue weighted by Gasteiger charge is 2.33. The van der Waals surface area contributed by atoms with E-state index in [0.717, 1.165) is 12.8 Å². The Morgan fingerprint density at radius 2 is 2.18 bits per heavy atom. The van der Waals surface area contributed by atoms with E-state index in [9.17, 15) is 9.59 Å². The van der Waals surface area contributed by atoms with Gasteiger partial charge in [-0.3, -0.25) is 14.6 Å². The molecule has 1 aromatic carbocycles. The first kappa shape index (κ1) is 15.6. The molecule has 1 aliphatic heterocycles. The van der Waals surface area contributed by atoms with Crippen LogP contribution in [0.15, 0.2) is 23.2 Å². The molecule has 1 aromatic rings. The van der Waals surface area contributed by atoms with E-state index in [2.05, 4.69) is 15.6 Å². The molecule has 1 aliphatic carbocycles. The molecular formula is C14H13Cl2N3O2S. The van der Waals surface area contributed by atoms with Gasteiger partial charge in [-0.25, -0.2) is 0 Å². The highest BCUT2D eigenvalue weighted by molar-refractivity contribution is 8.15. The topological polar surface area (TPSA) is 70.6 Å². The van der Waals surface area contributed by atoms with Crippen molar-refractivity contribution in [2.75, 3.05) is 5.32 Å². The van der Waals surface area contributed by atoms with Gasteiger partial charge < -0.3 is 10.6 Å². The number of nitrogens with one attached hydrogen (secondary N) is 2. The predicted molar refractivity (Wildman–Crippen MR) is 89.7 cm³/mol. The molecular weight excluding hydrogens is 345 g/mol. The molecule has 22 heavy (non-hydrogen) atoms. The van der Waals surface area contributed by atoms with Gasteiger partial charge in [0, 0.05) is 6.42 Å². The molecule has 116 valence electrons. The third kappa shape index (κ3) is 3.74. The third-order valence-corrected chi connectivity index (χ3v) is 5.13. The number of hydrogen-bond acceptors (Lipinski definition) is 4. The summed E-state index contributed by atoms with van der Waals surface area (Å²) in [6.07, 6.45) is 2.19. The molecule has 0 spiro atoms. The Bertz CT molecular complexity index is 661. The number of halogens is 2. The molecule has 2 aliphatic rings. The van der Waals surface area contributed by atoms with E-state index >= 15 is 0 Å². The summed E-state index contributed by atoms with van der Waals surface area (Å²) in [6, 6.07) is 5.33. The van der Waals surface area contributed by atoms with Crippen LogP contribution in [-0.2, 0) is 9.59 Å². The molecule has 0 radical (unpaired) electrons. The summed E-state index contributed by atoms with van der Waals surface area (Å²) in [5, 5.41) is 6.20. The zero-order valence-electron chi connectivity index (χ0n) is 11.4. The Balaban J connectivity index is 1.59. The van der Waals surface area contributed by atoms with E-state index in [4.69, 9.17) is 23.2 Å². The standard InChI is InChI=1S/C14H13Cl2N3O2S/c15-8-2-1-3-9(12(8)16)18-11(20)6-10-13(21)19-14(22-10)17-7-4-5-7/h1-3,7,10H,4-6H2,(H,18,20)(H,17,19,21)/t10-/m0/s1. The molecule has 1 saturated heterocycles. The van der Waals surface area contributed by atoms with Gasteiger partial charge >= 0.3 is 0 Å². The van der Waals surface area contributed by atoms with Crippen LogP contribution < -0.4 is 10.6 Å². The number of nitrogens with zero attached hydrogens (tertiary/aromatic N) is 1. The summed E-state index contributed by atoms with van der Waals surface area (Å²) < 4.78 is 0. The van der Waals surface area contributed by atoms with E-state index in [-0.39, 0.29) is 23.3 Å². The Morgan fingerprint density at radius 1 is 1.41 bits per heavy atom. The van der Waals surface area contributed by atoms with Crippen molar-refractivity contribution in [2.24, 2.45) is 4.99 Å². The Labute approximate surface area is 141 Å². The van der Waals surface area contributed by atoms with Gasteiger partial charge in [0.1, 0.15) is 5.25 Å². The second-order valence-electron chi connectivity index (χ2n) is 5.11. The Kier molecular flexibility index (Phi) is 4.61. The van der Waals surface area contributed by atoms with Gasteiger partial charge in [0.15, 0.2) is 5.17 Å². The van der Waals surface area contributed by atoms with Gasteiger partial charge in [-0.05, 0) is 25.0 Å². The lowest BCUT2D eigenvalue weighted by molar-refractivity contribution is -0.122. The Hall–Kier alpha value is -1.24. The number of benzene rings is 1. The van der Waals surface area contributed by atoms with Gasteiger partial charge in [-0.1, -0.05) is 41.0 Å². The van der Waals surface area contributed by atoms with Crippen LogP contribution in [0.5, 0.6) is 0 Å². The number of rotatable bonds is 4. The summed E-state index contributed by atoms with van der Waals surface area (Å²) in [7, 11) is 0. The van der Waals surface area contributed by atoms with Gasteiger partial charge in [-0.2, -0.15) is 0 Å². The third-order valence-electron chi connectivity index (χ3n) is 3.22. The van der Waals surface area contributed by atoms with Crippen LogP contribution in [0.2, 0.25) is 10.0 Å². The number of anilines is 1. The number of carbonyl (C=O) groups is 2. The molecule has 0 bridgehead atoms. The predicted octanol–water partition coefficient (Wildman–Crippen LogP) is 3.07. The van der Waals surface area contributed by atoms with Crippen LogP contribution in [0.4, 0.5) is 5.69 Å². The van der Waals surface area contributed by atoms with Crippen LogP contribution >= 0.6 is 35.0 Å². The number of thioether (sulfide) groups is 1. The maximum absolute atomic E-state index is 12.1. The minimum atomic E-state index is -0.463. The zero-order valence-corrected chi connectivity index (χ0v) is 13.8. The first-order valence-electron chi connectivity index (χ1n) is 6.82. The molecule has 3 rings (SSSR count). The highest BCUT2D eigenvalue weighted by atomic mass is 35.5. The van der Waals surface area contributed by atoms with Crippen molar-refractivity contribution < 1.29 is 9.59 Å². The smallest absolute Gasteiger partial charge is 0.240 e. The molecule has 5 nitrogen and oxygen atoms in total. The van der Waals surface area contributed by atoms with Gasteiger partial charge in [0.25, 0.3) is 0 Å². The van der Waals surface area contributed by atoms with Crippen molar-refractivity contribution in [1.29, 1.82) is 0 Å². The number of amides is 2. The van der Waals surface area contributed by atoms with Crippen LogP contribution in [0.25, 0.3) is 0 Å². The molecule has 8 heteroatoms. The summed E-state index contributed by atoms with van der Waals surface area (Å²) in [6.45, 7) is 0. The molecule has 2 fully saturated rings. The van der Waals surface area contributed by atoms with E-state index in [1.807, 2.05) is 0 Å². The fraction of sp³-hybridized carbons (Fsp3) is 0.357. The minimum Gasteiger partial charge on any atom is -0.325 e. The summed E-state index contributed by atoms with van der Waals surface area (Å²) in [5.74, 6) is -0.471. The number of carbonyl (C=O) groups excluding carboxylic acids is 2. The molecule has 1 heterocycles. The lowest BCUT2D eigenvalue weighted by Gasteiger charge is -2.09. The lowest BCUT2D eigenvalue weighted by Crippen LogP contribution is -2.28. The number of hydrogen-bond donors (Lipinski definition) is 2. The van der Waals surface area contributed by atoms with Crippen molar-refractivity contribution in [3.63, 3.8) is 0 Å². The quantitative estimate of drug-likeness (QED) is 0.869. The monoisotopic (exact) mass is 357 g/mol. The maximum Gasteiger partial charge on any atom is 0.240 e. The van der Waals surface area contributed by atoms with E-state index < -0.39 is 5.25 Å². The van der Waals surface area contributed by atoms with Crippen LogP contribution in [0.1, 0.15) is 19.3 Å². The van der Waals surface area contributed by atoms with Crippen LogP contribution in [0, 0.1) is 0 Å². The minimum absolute atomic E-state index is 0.0586. The van der Waals surface area contributed by atoms with Crippen LogP contribution in [0.3, 0.4) is 0 Å². The fourth-order valence-electron chi connectivity index (χ4n) is 1.94. The van der Waals surface area contributed by atoms with Crippen molar-refractivity contribution >= 4 is 57.6 Å². The summed E-state index contributed by atoms with van der Waals surface area (Å²) in [4.78, 5) is 28.3. The number of aliphatic imine (C=N–C) groups is 1. The number of amidine groups is 1. The molecule has 2 amide bonds. The van der Waals surface area contributed by atoms with E-state index in [0.29, 0.717) is 21.9 Å². The zero-order chi connectivity index (χ0) is 15.7. The SMILES string of the molecule is O=C(C[C@@H]1SC(=NC2CC2)NC1=O)Nc1cccc(Cl)c1Cl. The normalized spacial score (nSPS) is 22.7. The van der Waals surface area contributed by atoms with E-state index in [1.165, 1.54) is 11.8 Å². The lowest BCUT2D eigenvalue weighted by atomic mass is 10.2. The summed E-state index contributed by atoms with van der Waals surface area (Å²) >= 11 is 13.2. The van der Waals surface area contributed by atoms with Crippen molar-refractivity contribution in [3.05, 3.63) is 28.2 Å². The summed E-state index contributed by atoms with van der Waals surface area (Å²) in [5.41, 5.74) is 0.439. The first-order valence-corrected chi connectivity index (χ1v) is 8.45. The largest absolute Gasteiger partial charge is 0.325 e. The van der Waals surface area contributed by atoms with Crippen molar-refractivity contribution in [3.8, 4) is 0 Å². The molecule has 1 atom stereocenters. The first-order chi connectivity index (χ1) is 10.5. The van der Waals surface area contributed by atoms with Crippen LogP contribution in [-0.4, -0.2) is 28.3 Å². The van der Waals surface area contributed by atoms with Crippen molar-refractivity contribution in [2.45, 2.75) is 30.6 Å². The van der Waals surface area contributed by atoms with Gasteiger partial charge in [0.05, 0.1) is 21.8 Å². The highest BCUT2D eigenvalue weighted by Crippen LogP contribution is 2.31. The molecule has 1 saturated carbocycles. The second-order valence-corrected chi connectivity index (χ2v) is 7.09. The fourth-order valence-corrected chi connectivity index (χ4v) is 3.33. The maximum atomic E-state index is 12.1. The van der Waals surface area contributed by atoms with Gasteiger partial charge in [-0.15, -0.1) is 0 Å². The average molecular weight is 358 g/mol. The molecule has 0 aromatic heterocycles. The Morgan fingerprint density at radius 3 is 2.91 bits per heavy atom. The van der Waals surface area contributed by atoms with Gasteiger partial charge in [0.2, 0.25) is 11.8 Å². The van der Waals surface area contributed by atoms with Crippen molar-refractivity contribution in [1.82, 2.24) is 5.32 Å². The average Bonchev–Trinajstić information content (AvgIpc) is 3.20. The second kappa shape index (κ2) is 6.48. The molecule has 2 N–H and O–H groups in total. The van der Waals surface area contributed by atoms with E-state index in [1.54, 1.807) is 18.2 Å².